The van der Waals surface area contributed by atoms with Crippen molar-refractivity contribution in [1.82, 2.24) is 35.3 Å². The molecule has 2 N–H and O–H groups in total. The molecule has 0 bridgehead atoms. The Kier molecular flexibility index (Phi) is 11.9. The van der Waals surface area contributed by atoms with Gasteiger partial charge in [-0.05, 0) is 57.6 Å². The maximum atomic E-state index is 13.3. The van der Waals surface area contributed by atoms with Crippen LogP contribution in [0.25, 0.3) is 5.69 Å². The molecule has 2 aliphatic heterocycles. The fraction of sp³-hybridized carbons (Fsp3) is 0.576. The number of piperazine rings is 1. The number of aromatic nitrogens is 2. The molecule has 2 atom stereocenters. The molecule has 260 valence electrons. The number of carbonyl (C=O) groups excluding carboxylic acids is 5. The second-order valence-corrected chi connectivity index (χ2v) is 12.3. The third-order valence-corrected chi connectivity index (χ3v) is 8.77. The zero-order chi connectivity index (χ0) is 34.0. The average Bonchev–Trinajstić information content (AvgIpc) is 3.74. The summed E-state index contributed by atoms with van der Waals surface area (Å²) in [7, 11) is 0. The Hall–Kier alpha value is -4.66. The predicted octanol–water partition coefficient (Wildman–Crippen LogP) is 2.04. The molecule has 3 fully saturated rings. The van der Waals surface area contributed by atoms with Gasteiger partial charge in [-0.3, -0.25) is 19.2 Å². The molecule has 3 aliphatic rings. The lowest BCUT2D eigenvalue weighted by molar-refractivity contribution is -0.157. The van der Waals surface area contributed by atoms with Crippen molar-refractivity contribution >= 4 is 29.8 Å². The van der Waals surface area contributed by atoms with E-state index in [1.54, 1.807) is 28.9 Å². The van der Waals surface area contributed by atoms with E-state index in [0.717, 1.165) is 38.5 Å². The normalized spacial score (nSPS) is 18.8. The van der Waals surface area contributed by atoms with Gasteiger partial charge in [0, 0.05) is 31.7 Å². The van der Waals surface area contributed by atoms with Crippen molar-refractivity contribution in [2.45, 2.75) is 76.9 Å². The van der Waals surface area contributed by atoms with E-state index in [2.05, 4.69) is 15.7 Å². The monoisotopic (exact) mass is 667 g/mol. The first-order valence-electron chi connectivity index (χ1n) is 16.8. The first kappa shape index (κ1) is 34.7. The molecule has 2 aromatic rings. The van der Waals surface area contributed by atoms with Gasteiger partial charge < -0.3 is 34.7 Å². The van der Waals surface area contributed by atoms with Gasteiger partial charge in [0.25, 0.3) is 11.8 Å². The second kappa shape index (κ2) is 16.4. The topological polar surface area (TPSA) is 165 Å². The van der Waals surface area contributed by atoms with Crippen molar-refractivity contribution in [3.63, 3.8) is 0 Å². The molecule has 1 saturated carbocycles. The van der Waals surface area contributed by atoms with Gasteiger partial charge in [-0.15, -0.1) is 5.06 Å². The number of ether oxygens (including phenoxy) is 2. The van der Waals surface area contributed by atoms with Gasteiger partial charge in [0.05, 0.1) is 25.4 Å². The molecule has 15 heteroatoms. The minimum atomic E-state index is -0.866. The first-order valence-corrected chi connectivity index (χ1v) is 16.8. The summed E-state index contributed by atoms with van der Waals surface area (Å²) in [5.74, 6) is -1.17. The van der Waals surface area contributed by atoms with E-state index in [1.165, 1.54) is 15.8 Å². The summed E-state index contributed by atoms with van der Waals surface area (Å²) in [6.07, 6.45) is 5.25. The van der Waals surface area contributed by atoms with Crippen LogP contribution >= 0.6 is 0 Å². The van der Waals surface area contributed by atoms with Crippen LogP contribution in [-0.2, 0) is 24.0 Å². The zero-order valence-corrected chi connectivity index (χ0v) is 27.6. The fourth-order valence-electron chi connectivity index (χ4n) is 5.78. The lowest BCUT2D eigenvalue weighted by Crippen LogP contribution is -2.54. The zero-order valence-electron chi connectivity index (χ0n) is 27.6. The molecule has 1 aromatic carbocycles. The number of hydrogen-bond donors (Lipinski definition) is 2. The van der Waals surface area contributed by atoms with Gasteiger partial charge in [0.15, 0.2) is 12.3 Å². The van der Waals surface area contributed by atoms with Crippen LogP contribution in [-0.4, -0.2) is 118 Å². The maximum absolute atomic E-state index is 13.3. The van der Waals surface area contributed by atoms with E-state index in [0.29, 0.717) is 51.4 Å². The predicted molar refractivity (Wildman–Crippen MR) is 172 cm³/mol. The highest BCUT2D eigenvalue weighted by Crippen LogP contribution is 2.23. The van der Waals surface area contributed by atoms with Crippen LogP contribution in [0.5, 0.6) is 5.88 Å². The summed E-state index contributed by atoms with van der Waals surface area (Å²) in [5.41, 5.74) is 0.607. The number of hydrogen-bond acceptors (Lipinski definition) is 10. The number of carbonyl (C=O) groups is 5. The quantitative estimate of drug-likeness (QED) is 0.239. The Morgan fingerprint density at radius 3 is 2.42 bits per heavy atom. The SMILES string of the molecule is CCCCOC(=O)ON1CCN(C(=O)[C@@H](C)NC(=O)c2cc(OCC(=O)N3CCC[C@H]3C(=O)NC3CCC3)n(-c3ccccc3)n2)CC1. The van der Waals surface area contributed by atoms with Crippen LogP contribution < -0.4 is 15.4 Å². The van der Waals surface area contributed by atoms with Crippen LogP contribution in [0.15, 0.2) is 36.4 Å². The molecule has 15 nitrogen and oxygen atoms in total. The van der Waals surface area contributed by atoms with Crippen molar-refractivity contribution in [2.24, 2.45) is 0 Å². The van der Waals surface area contributed by atoms with E-state index in [9.17, 15) is 24.0 Å². The smallest absolute Gasteiger partial charge is 0.467 e. The summed E-state index contributed by atoms with van der Waals surface area (Å²) in [6, 6.07) is 9.24. The highest BCUT2D eigenvalue weighted by Gasteiger charge is 2.36. The number of likely N-dealkylation sites (tertiary alicyclic amines) is 1. The Morgan fingerprint density at radius 1 is 0.979 bits per heavy atom. The Morgan fingerprint density at radius 2 is 1.73 bits per heavy atom. The Labute approximate surface area is 279 Å². The van der Waals surface area contributed by atoms with Gasteiger partial charge in [-0.1, -0.05) is 31.5 Å². The lowest BCUT2D eigenvalue weighted by Gasteiger charge is -2.34. The van der Waals surface area contributed by atoms with E-state index in [4.69, 9.17) is 14.3 Å². The van der Waals surface area contributed by atoms with Crippen molar-refractivity contribution in [1.29, 1.82) is 0 Å². The number of rotatable bonds is 13. The molecule has 1 aromatic heterocycles. The number of benzene rings is 1. The van der Waals surface area contributed by atoms with E-state index >= 15 is 0 Å². The van der Waals surface area contributed by atoms with Gasteiger partial charge in [-0.25, -0.2) is 9.48 Å². The van der Waals surface area contributed by atoms with Crippen LogP contribution in [0.3, 0.4) is 0 Å². The fourth-order valence-corrected chi connectivity index (χ4v) is 5.78. The Bertz CT molecular complexity index is 1440. The van der Waals surface area contributed by atoms with E-state index < -0.39 is 24.1 Å². The molecule has 1 aliphatic carbocycles. The second-order valence-electron chi connectivity index (χ2n) is 12.3. The van der Waals surface area contributed by atoms with Crippen molar-refractivity contribution < 1.29 is 38.3 Å². The van der Waals surface area contributed by atoms with Crippen molar-refractivity contribution in [2.75, 3.05) is 45.9 Å². The molecule has 0 radical (unpaired) electrons. The summed E-state index contributed by atoms with van der Waals surface area (Å²) in [6.45, 7) is 5.22. The van der Waals surface area contributed by atoms with Gasteiger partial charge in [-0.2, -0.15) is 5.10 Å². The summed E-state index contributed by atoms with van der Waals surface area (Å²) in [5, 5.41) is 11.6. The third-order valence-electron chi connectivity index (χ3n) is 8.77. The van der Waals surface area contributed by atoms with Crippen molar-refractivity contribution in [3.8, 4) is 11.6 Å². The maximum Gasteiger partial charge on any atom is 0.527 e. The lowest BCUT2D eigenvalue weighted by atomic mass is 9.93. The minimum absolute atomic E-state index is 0.000294. The summed E-state index contributed by atoms with van der Waals surface area (Å²) < 4.78 is 12.4. The molecule has 5 rings (SSSR count). The largest absolute Gasteiger partial charge is 0.527 e. The number of hydroxylamine groups is 2. The molecule has 0 spiro atoms. The summed E-state index contributed by atoms with van der Waals surface area (Å²) >= 11 is 0. The van der Waals surface area contributed by atoms with Crippen LogP contribution in [0.4, 0.5) is 4.79 Å². The van der Waals surface area contributed by atoms with Gasteiger partial charge >= 0.3 is 6.16 Å². The van der Waals surface area contributed by atoms with E-state index in [-0.39, 0.29) is 41.9 Å². The van der Waals surface area contributed by atoms with Gasteiger partial charge in [0.2, 0.25) is 17.7 Å². The Balaban J connectivity index is 1.16. The van der Waals surface area contributed by atoms with Crippen LogP contribution in [0, 0.1) is 0 Å². The highest BCUT2D eigenvalue weighted by molar-refractivity contribution is 5.96. The van der Waals surface area contributed by atoms with Crippen molar-refractivity contribution in [3.05, 3.63) is 42.1 Å². The van der Waals surface area contributed by atoms with Gasteiger partial charge in [0.1, 0.15) is 12.1 Å². The molecule has 3 heterocycles. The third kappa shape index (κ3) is 8.82. The first-order chi connectivity index (χ1) is 23.2. The van der Waals surface area contributed by atoms with Crippen LogP contribution in [0.2, 0.25) is 0 Å². The number of unbranched alkanes of at least 4 members (excludes halogenated alkanes) is 1. The molecule has 0 unspecified atom stereocenters. The molecular formula is C33H45N7O8. The number of nitrogens with zero attached hydrogens (tertiary/aromatic N) is 5. The van der Waals surface area contributed by atoms with Crippen LogP contribution in [0.1, 0.15) is 69.3 Å². The highest BCUT2D eigenvalue weighted by atomic mass is 16.8. The molecule has 2 saturated heterocycles. The number of para-hydroxylation sites is 1. The minimum Gasteiger partial charge on any atom is -0.467 e. The molecule has 48 heavy (non-hydrogen) atoms. The number of nitrogens with one attached hydrogen (secondary N) is 2. The molecule has 4 amide bonds. The summed E-state index contributed by atoms with van der Waals surface area (Å²) in [4.78, 5) is 72.7. The van der Waals surface area contributed by atoms with E-state index in [1.807, 2.05) is 25.1 Å². The average molecular weight is 668 g/mol. The standard InChI is InChI=1S/C33H45N7O8/c1-3-4-20-46-33(45)48-38-18-16-37(17-19-38)32(44)23(2)34-30(42)26-21-29(40(36-26)25-12-6-5-7-13-25)47-22-28(41)39-15-9-14-27(39)31(43)35-24-10-8-11-24/h5-7,12-13,21,23-24,27H,3-4,8-11,14-20,22H2,1-2H3,(H,34,42)(H,35,43)/t23-,27+/m1/s1. The molecular weight excluding hydrogens is 622 g/mol. The number of amides is 4.